The standard InChI is InChI=1S/C37H45N3O5Si/c1-5-29(37(46(2,3)4)45-27-40-23-22-38-26-40)16-20-34(41)33-25-31(17-21-35(33)42)39-36(43)30-14-18-32(19-15-30)44-24-10-9-13-28-11-7-6-8-12-28/h6-8,11-12,14-23,25-26,29,37,42H,5,9-10,13,24,27H2,1-4H3,(H,39,43)/b20-16+. The number of anilines is 1. The Labute approximate surface area is 273 Å². The predicted octanol–water partition coefficient (Wildman–Crippen LogP) is 7.93. The third kappa shape index (κ3) is 10.3. The molecular formula is C37H45N3O5Si. The number of aryl methyl sites for hydroxylation is 1. The maximum Gasteiger partial charge on any atom is 0.255 e. The fourth-order valence-corrected chi connectivity index (χ4v) is 7.49. The molecule has 0 fully saturated rings. The van der Waals surface area contributed by atoms with E-state index in [4.69, 9.17) is 9.47 Å². The van der Waals surface area contributed by atoms with Crippen LogP contribution in [0, 0.1) is 5.92 Å². The van der Waals surface area contributed by atoms with Gasteiger partial charge in [-0.2, -0.15) is 0 Å². The van der Waals surface area contributed by atoms with Gasteiger partial charge >= 0.3 is 0 Å². The van der Waals surface area contributed by atoms with Crippen LogP contribution in [0.2, 0.25) is 19.6 Å². The molecule has 2 atom stereocenters. The maximum atomic E-state index is 13.2. The van der Waals surface area contributed by atoms with E-state index in [1.54, 1.807) is 42.9 Å². The Morgan fingerprint density at radius 3 is 2.46 bits per heavy atom. The first-order valence-electron chi connectivity index (χ1n) is 15.8. The number of hydrogen-bond acceptors (Lipinski definition) is 6. The van der Waals surface area contributed by atoms with Crippen molar-refractivity contribution in [1.29, 1.82) is 0 Å². The molecule has 0 radical (unpaired) electrons. The lowest BCUT2D eigenvalue weighted by Gasteiger charge is -2.34. The molecule has 1 aromatic heterocycles. The van der Waals surface area contributed by atoms with Crippen molar-refractivity contribution in [1.82, 2.24) is 9.55 Å². The summed E-state index contributed by atoms with van der Waals surface area (Å²) in [6, 6.07) is 21.8. The first-order valence-corrected chi connectivity index (χ1v) is 19.4. The monoisotopic (exact) mass is 639 g/mol. The Kier molecular flexibility index (Phi) is 12.5. The first kappa shape index (κ1) is 34.4. The Balaban J connectivity index is 1.32. The average Bonchev–Trinajstić information content (AvgIpc) is 3.57. The van der Waals surface area contributed by atoms with Crippen molar-refractivity contribution in [2.45, 2.75) is 64.7 Å². The summed E-state index contributed by atoms with van der Waals surface area (Å²) in [5.74, 6) is -0.0988. The molecule has 4 rings (SSSR count). The Hall–Kier alpha value is -4.47. The van der Waals surface area contributed by atoms with Crippen LogP contribution >= 0.6 is 0 Å². The summed E-state index contributed by atoms with van der Waals surface area (Å²) in [7, 11) is -1.78. The van der Waals surface area contributed by atoms with Gasteiger partial charge in [0.15, 0.2) is 5.78 Å². The van der Waals surface area contributed by atoms with Gasteiger partial charge in [0.25, 0.3) is 5.91 Å². The minimum absolute atomic E-state index is 0.0189. The average molecular weight is 640 g/mol. The molecule has 242 valence electrons. The molecule has 1 amide bonds. The molecule has 0 saturated heterocycles. The van der Waals surface area contributed by atoms with E-state index < -0.39 is 8.07 Å². The number of aromatic hydroxyl groups is 1. The number of benzene rings is 3. The zero-order valence-corrected chi connectivity index (χ0v) is 28.2. The van der Waals surface area contributed by atoms with Gasteiger partial charge in [-0.3, -0.25) is 9.59 Å². The summed E-state index contributed by atoms with van der Waals surface area (Å²) >= 11 is 0. The first-order chi connectivity index (χ1) is 22.1. The molecule has 0 aliphatic rings. The van der Waals surface area contributed by atoms with Crippen molar-refractivity contribution < 1.29 is 24.2 Å². The van der Waals surface area contributed by atoms with Crippen LogP contribution in [0.1, 0.15) is 52.5 Å². The van der Waals surface area contributed by atoms with Gasteiger partial charge in [-0.15, -0.1) is 0 Å². The van der Waals surface area contributed by atoms with Gasteiger partial charge < -0.3 is 24.5 Å². The number of nitrogens with one attached hydrogen (secondary N) is 1. The molecule has 2 unspecified atom stereocenters. The summed E-state index contributed by atoms with van der Waals surface area (Å²) in [5.41, 5.74) is 2.28. The van der Waals surface area contributed by atoms with E-state index in [1.807, 2.05) is 22.9 Å². The topological polar surface area (TPSA) is 103 Å². The molecule has 2 N–H and O–H groups in total. The van der Waals surface area contributed by atoms with E-state index in [-0.39, 0.29) is 34.6 Å². The largest absolute Gasteiger partial charge is 0.507 e. The molecule has 1 heterocycles. The summed E-state index contributed by atoms with van der Waals surface area (Å²) in [6.07, 6.45) is 12.5. The van der Waals surface area contributed by atoms with Crippen LogP contribution in [0.25, 0.3) is 0 Å². The van der Waals surface area contributed by atoms with Crippen LogP contribution in [-0.2, 0) is 17.9 Å². The number of unbranched alkanes of at least 4 members (excludes halogenated alkanes) is 1. The van der Waals surface area contributed by atoms with Crippen molar-refractivity contribution >= 4 is 25.5 Å². The lowest BCUT2D eigenvalue weighted by molar-refractivity contribution is 0.0245. The highest BCUT2D eigenvalue weighted by Gasteiger charge is 2.33. The molecule has 0 saturated carbocycles. The van der Waals surface area contributed by atoms with Crippen molar-refractivity contribution in [3.63, 3.8) is 0 Å². The van der Waals surface area contributed by atoms with Crippen molar-refractivity contribution in [3.05, 3.63) is 120 Å². The number of carbonyl (C=O) groups excluding carboxylic acids is 2. The molecule has 46 heavy (non-hydrogen) atoms. The summed E-state index contributed by atoms with van der Waals surface area (Å²) in [4.78, 5) is 30.3. The molecule has 0 spiro atoms. The quantitative estimate of drug-likeness (QED) is 0.0400. The summed E-state index contributed by atoms with van der Waals surface area (Å²) in [6.45, 7) is 9.81. The van der Waals surface area contributed by atoms with E-state index in [0.717, 1.165) is 25.7 Å². The Morgan fingerprint density at radius 2 is 1.78 bits per heavy atom. The minimum Gasteiger partial charge on any atom is -0.507 e. The van der Waals surface area contributed by atoms with Crippen LogP contribution in [0.15, 0.2) is 104 Å². The van der Waals surface area contributed by atoms with Gasteiger partial charge in [0, 0.05) is 29.6 Å². The number of phenols is 1. The van der Waals surface area contributed by atoms with E-state index in [2.05, 4.69) is 61.1 Å². The molecular weight excluding hydrogens is 595 g/mol. The van der Waals surface area contributed by atoms with Crippen LogP contribution in [0.3, 0.4) is 0 Å². The second-order valence-electron chi connectivity index (χ2n) is 12.5. The Bertz CT molecular complexity index is 1570. The number of aromatic nitrogens is 2. The zero-order chi connectivity index (χ0) is 32.9. The number of allylic oxidation sites excluding steroid dienone is 1. The highest BCUT2D eigenvalue weighted by molar-refractivity contribution is 6.77. The van der Waals surface area contributed by atoms with Crippen LogP contribution in [0.4, 0.5) is 5.69 Å². The Morgan fingerprint density at radius 1 is 1.02 bits per heavy atom. The predicted molar refractivity (Wildman–Crippen MR) is 185 cm³/mol. The number of amides is 1. The van der Waals surface area contributed by atoms with Gasteiger partial charge in [0.1, 0.15) is 18.2 Å². The van der Waals surface area contributed by atoms with E-state index >= 15 is 0 Å². The van der Waals surface area contributed by atoms with Crippen molar-refractivity contribution in [2.75, 3.05) is 11.9 Å². The van der Waals surface area contributed by atoms with Crippen molar-refractivity contribution in [3.8, 4) is 11.5 Å². The lowest BCUT2D eigenvalue weighted by Crippen LogP contribution is -2.45. The number of hydrogen-bond donors (Lipinski definition) is 2. The van der Waals surface area contributed by atoms with Gasteiger partial charge in [-0.25, -0.2) is 4.98 Å². The highest BCUT2D eigenvalue weighted by Crippen LogP contribution is 2.27. The van der Waals surface area contributed by atoms with Crippen LogP contribution in [0.5, 0.6) is 11.5 Å². The molecule has 4 aromatic rings. The summed E-state index contributed by atoms with van der Waals surface area (Å²) in [5, 5.41) is 13.3. The van der Waals surface area contributed by atoms with Crippen LogP contribution in [-0.4, -0.2) is 46.8 Å². The third-order valence-electron chi connectivity index (χ3n) is 7.78. The third-order valence-corrected chi connectivity index (χ3v) is 10.1. The van der Waals surface area contributed by atoms with Gasteiger partial charge in [0.05, 0.1) is 32.3 Å². The number of rotatable bonds is 17. The number of imidazole rings is 1. The van der Waals surface area contributed by atoms with Crippen LogP contribution < -0.4 is 10.1 Å². The number of carbonyl (C=O) groups is 2. The fourth-order valence-electron chi connectivity index (χ4n) is 5.28. The highest BCUT2D eigenvalue weighted by atomic mass is 28.3. The molecule has 9 heteroatoms. The number of phenolic OH excluding ortho intramolecular Hbond substituents is 1. The smallest absolute Gasteiger partial charge is 0.255 e. The van der Waals surface area contributed by atoms with Gasteiger partial charge in [-0.05, 0) is 79.8 Å². The lowest BCUT2D eigenvalue weighted by atomic mass is 10.0. The van der Waals surface area contributed by atoms with Crippen molar-refractivity contribution in [2.24, 2.45) is 5.92 Å². The minimum atomic E-state index is -1.78. The van der Waals surface area contributed by atoms with E-state index in [0.29, 0.717) is 30.3 Å². The number of ether oxygens (including phenoxy) is 2. The number of nitrogens with zero attached hydrogens (tertiary/aromatic N) is 2. The van der Waals surface area contributed by atoms with E-state index in [9.17, 15) is 14.7 Å². The second-order valence-corrected chi connectivity index (χ2v) is 17.8. The molecule has 0 aliphatic carbocycles. The maximum absolute atomic E-state index is 13.2. The fraction of sp³-hybridized carbons (Fsp3) is 0.324. The summed E-state index contributed by atoms with van der Waals surface area (Å²) < 4.78 is 14.1. The molecule has 0 bridgehead atoms. The van der Waals surface area contributed by atoms with E-state index in [1.165, 1.54) is 23.8 Å². The van der Waals surface area contributed by atoms with Gasteiger partial charge in [0.2, 0.25) is 0 Å². The normalized spacial score (nSPS) is 13.0. The molecule has 0 aliphatic heterocycles. The second kappa shape index (κ2) is 16.7. The SMILES string of the molecule is CCC(/C=C/C(=O)c1cc(NC(=O)c2ccc(OCCCCc3ccccc3)cc2)ccc1O)C(OCn1ccnc1)[Si](C)(C)C. The zero-order valence-electron chi connectivity index (χ0n) is 27.2. The molecule has 3 aromatic carbocycles. The van der Waals surface area contributed by atoms with Gasteiger partial charge in [-0.1, -0.05) is 63.0 Å². The molecule has 8 nitrogen and oxygen atoms in total. The number of ketones is 1.